The number of nitrogens with one attached hydrogen (secondary N) is 1. The molecule has 144 valence electrons. The molecule has 2 aromatic rings. The minimum atomic E-state index is -4.92. The van der Waals surface area contributed by atoms with E-state index in [1.165, 1.54) is 11.3 Å². The molecule has 0 radical (unpaired) electrons. The number of amides is 2. The van der Waals surface area contributed by atoms with Crippen molar-refractivity contribution in [3.05, 3.63) is 49.6 Å². The molecule has 0 saturated heterocycles. The van der Waals surface area contributed by atoms with E-state index in [9.17, 15) is 22.8 Å². The van der Waals surface area contributed by atoms with Crippen molar-refractivity contribution in [1.29, 1.82) is 0 Å². The summed E-state index contributed by atoms with van der Waals surface area (Å²) < 4.78 is 38.6. The summed E-state index contributed by atoms with van der Waals surface area (Å²) >= 11 is 13.3. The van der Waals surface area contributed by atoms with Crippen molar-refractivity contribution in [2.75, 3.05) is 11.9 Å². The second-order valence-electron chi connectivity index (χ2n) is 6.00. The Hall–Kier alpha value is -1.77. The lowest BCUT2D eigenvalue weighted by Gasteiger charge is -2.30. The Morgan fingerprint density at radius 3 is 2.59 bits per heavy atom. The van der Waals surface area contributed by atoms with Gasteiger partial charge in [-0.3, -0.25) is 9.59 Å². The first-order valence-corrected chi connectivity index (χ1v) is 9.42. The highest BCUT2D eigenvalue weighted by atomic mass is 35.5. The highest BCUT2D eigenvalue weighted by Crippen LogP contribution is 2.32. The van der Waals surface area contributed by atoms with Crippen molar-refractivity contribution in [3.63, 3.8) is 0 Å². The highest BCUT2D eigenvalue weighted by Gasteiger charge is 2.43. The van der Waals surface area contributed by atoms with Gasteiger partial charge in [0.05, 0.1) is 10.8 Å². The minimum absolute atomic E-state index is 0.0596. The summed E-state index contributed by atoms with van der Waals surface area (Å²) in [7, 11) is 0. The van der Waals surface area contributed by atoms with Gasteiger partial charge in [0.15, 0.2) is 0 Å². The number of fused-ring (bicyclic) bond motifs is 1. The Labute approximate surface area is 166 Å². The number of carbonyl (C=O) groups is 2. The second kappa shape index (κ2) is 7.69. The zero-order valence-corrected chi connectivity index (χ0v) is 16.0. The molecule has 0 bridgehead atoms. The Morgan fingerprint density at radius 1 is 1.22 bits per heavy atom. The van der Waals surface area contributed by atoms with Crippen LogP contribution in [0.2, 0.25) is 9.36 Å². The lowest BCUT2D eigenvalue weighted by atomic mass is 9.98. The molecule has 1 aliphatic heterocycles. The normalized spacial score (nSPS) is 14.0. The van der Waals surface area contributed by atoms with E-state index >= 15 is 0 Å². The summed E-state index contributed by atoms with van der Waals surface area (Å²) in [5, 5.41) is 3.03. The van der Waals surface area contributed by atoms with Crippen LogP contribution in [0.5, 0.6) is 0 Å². The quantitative estimate of drug-likeness (QED) is 0.758. The molecule has 0 unspecified atom stereocenters. The van der Waals surface area contributed by atoms with Crippen LogP contribution in [0, 0.1) is 0 Å². The van der Waals surface area contributed by atoms with Gasteiger partial charge in [0.25, 0.3) is 0 Å². The second-order valence-corrected chi connectivity index (χ2v) is 8.21. The summed E-state index contributed by atoms with van der Waals surface area (Å²) in [6, 6.07) is 6.54. The van der Waals surface area contributed by atoms with Crippen molar-refractivity contribution in [3.8, 4) is 0 Å². The van der Waals surface area contributed by atoms with E-state index in [-0.39, 0.29) is 31.8 Å². The van der Waals surface area contributed by atoms with E-state index in [0.29, 0.717) is 26.2 Å². The summed E-state index contributed by atoms with van der Waals surface area (Å²) in [5.41, 5.74) is 1.54. The summed E-state index contributed by atoms with van der Waals surface area (Å²) in [4.78, 5) is 25.2. The fourth-order valence-electron chi connectivity index (χ4n) is 2.88. The van der Waals surface area contributed by atoms with Crippen LogP contribution in [0.25, 0.3) is 0 Å². The predicted octanol–water partition coefficient (Wildman–Crippen LogP) is 4.68. The van der Waals surface area contributed by atoms with E-state index in [0.717, 1.165) is 9.78 Å². The van der Waals surface area contributed by atoms with Crippen molar-refractivity contribution in [1.82, 2.24) is 4.90 Å². The molecule has 0 atom stereocenters. The zero-order valence-electron chi connectivity index (χ0n) is 13.7. The van der Waals surface area contributed by atoms with Crippen LogP contribution in [0.15, 0.2) is 24.3 Å². The maximum absolute atomic E-state index is 12.7. The molecule has 4 nitrogen and oxygen atoms in total. The van der Waals surface area contributed by atoms with Gasteiger partial charge in [-0.1, -0.05) is 23.2 Å². The third-order valence-corrected chi connectivity index (χ3v) is 5.63. The van der Waals surface area contributed by atoms with Crippen LogP contribution in [-0.4, -0.2) is 29.4 Å². The maximum Gasteiger partial charge on any atom is 0.471 e. The molecule has 27 heavy (non-hydrogen) atoms. The molecule has 0 aliphatic carbocycles. The van der Waals surface area contributed by atoms with Gasteiger partial charge in [0, 0.05) is 28.7 Å². The number of hydrogen-bond donors (Lipinski definition) is 1. The van der Waals surface area contributed by atoms with Crippen LogP contribution in [0.1, 0.15) is 16.0 Å². The standard InChI is InChI=1S/C17H13Cl2F3N2O2S/c18-13-6-10(23-15(25)7-11-1-2-14(19)27-11)5-9-8-24(4-3-12(9)13)16(26)17(20,21)22/h1-2,5-6H,3-4,7-8H2,(H,23,25). The van der Waals surface area contributed by atoms with Gasteiger partial charge < -0.3 is 10.2 Å². The Bertz CT molecular complexity index is 899. The predicted molar refractivity (Wildman–Crippen MR) is 98.3 cm³/mol. The Kier molecular flexibility index (Phi) is 5.69. The van der Waals surface area contributed by atoms with Gasteiger partial charge in [-0.15, -0.1) is 11.3 Å². The molecule has 1 N–H and O–H groups in total. The number of carbonyl (C=O) groups excluding carboxylic acids is 2. The zero-order chi connectivity index (χ0) is 19.8. The van der Waals surface area contributed by atoms with Gasteiger partial charge in [-0.25, -0.2) is 0 Å². The maximum atomic E-state index is 12.7. The first-order valence-electron chi connectivity index (χ1n) is 7.85. The van der Waals surface area contributed by atoms with Crippen molar-refractivity contribution < 1.29 is 22.8 Å². The topological polar surface area (TPSA) is 49.4 Å². The average molecular weight is 437 g/mol. The number of rotatable bonds is 3. The van der Waals surface area contributed by atoms with E-state index in [2.05, 4.69) is 5.32 Å². The molecule has 0 spiro atoms. The number of nitrogens with zero attached hydrogens (tertiary/aromatic N) is 1. The monoisotopic (exact) mass is 436 g/mol. The molecular formula is C17H13Cl2F3N2O2S. The Morgan fingerprint density at radius 2 is 1.96 bits per heavy atom. The lowest BCUT2D eigenvalue weighted by molar-refractivity contribution is -0.186. The fraction of sp³-hybridized carbons (Fsp3) is 0.294. The van der Waals surface area contributed by atoms with Crippen LogP contribution in [0.4, 0.5) is 18.9 Å². The van der Waals surface area contributed by atoms with Crippen molar-refractivity contribution >= 4 is 52.0 Å². The average Bonchev–Trinajstić information content (AvgIpc) is 2.97. The van der Waals surface area contributed by atoms with Gasteiger partial charge in [0.2, 0.25) is 5.91 Å². The fourth-order valence-corrected chi connectivity index (χ4v) is 4.30. The molecule has 0 saturated carbocycles. The SMILES string of the molecule is O=C(Cc1ccc(Cl)s1)Nc1cc(Cl)c2c(c1)CN(C(=O)C(F)(F)F)CC2. The molecule has 10 heteroatoms. The smallest absolute Gasteiger partial charge is 0.330 e. The van der Waals surface area contributed by atoms with Gasteiger partial charge >= 0.3 is 12.1 Å². The molecule has 1 aromatic carbocycles. The minimum Gasteiger partial charge on any atom is -0.330 e. The van der Waals surface area contributed by atoms with Gasteiger partial charge in [-0.2, -0.15) is 13.2 Å². The lowest BCUT2D eigenvalue weighted by Crippen LogP contribution is -2.43. The number of halogens is 5. The largest absolute Gasteiger partial charge is 0.471 e. The number of thiophene rings is 1. The molecular weight excluding hydrogens is 424 g/mol. The molecule has 0 fully saturated rings. The summed E-state index contributed by atoms with van der Waals surface area (Å²) in [5.74, 6) is -2.18. The summed E-state index contributed by atoms with van der Waals surface area (Å²) in [6.45, 7) is -0.270. The number of alkyl halides is 3. The van der Waals surface area contributed by atoms with Crippen LogP contribution in [-0.2, 0) is 29.0 Å². The third kappa shape index (κ3) is 4.75. The van der Waals surface area contributed by atoms with Gasteiger partial charge in [-0.05, 0) is 41.8 Å². The van der Waals surface area contributed by atoms with E-state index < -0.39 is 12.1 Å². The first-order chi connectivity index (χ1) is 12.6. The van der Waals surface area contributed by atoms with Crippen molar-refractivity contribution in [2.24, 2.45) is 0 Å². The third-order valence-electron chi connectivity index (χ3n) is 4.06. The number of hydrogen-bond acceptors (Lipinski definition) is 3. The highest BCUT2D eigenvalue weighted by molar-refractivity contribution is 7.16. The van der Waals surface area contributed by atoms with Crippen LogP contribution >= 0.6 is 34.5 Å². The number of anilines is 1. The molecule has 1 aromatic heterocycles. The van der Waals surface area contributed by atoms with E-state index in [1.54, 1.807) is 24.3 Å². The molecule has 3 rings (SSSR count). The molecule has 2 amide bonds. The Balaban J connectivity index is 1.75. The number of benzene rings is 1. The first kappa shape index (κ1) is 20.0. The molecule has 2 heterocycles. The van der Waals surface area contributed by atoms with E-state index in [1.807, 2.05) is 0 Å². The molecule has 1 aliphatic rings. The van der Waals surface area contributed by atoms with Crippen molar-refractivity contribution in [2.45, 2.75) is 25.6 Å². The van der Waals surface area contributed by atoms with E-state index in [4.69, 9.17) is 23.2 Å². The van der Waals surface area contributed by atoms with Gasteiger partial charge in [0.1, 0.15) is 0 Å². The summed E-state index contributed by atoms with van der Waals surface area (Å²) in [6.07, 6.45) is -4.59. The van der Waals surface area contributed by atoms with Crippen LogP contribution in [0.3, 0.4) is 0 Å². The van der Waals surface area contributed by atoms with Crippen LogP contribution < -0.4 is 5.32 Å².